The third-order valence-corrected chi connectivity index (χ3v) is 11.1. The molecule has 60 heavy (non-hydrogen) atoms. The van der Waals surface area contributed by atoms with Crippen LogP contribution < -0.4 is 31.2 Å². The summed E-state index contributed by atoms with van der Waals surface area (Å²) in [6, 6.07) is 21.3. The van der Waals surface area contributed by atoms with Crippen molar-refractivity contribution in [2.75, 3.05) is 53.0 Å². The standard InChI is InChI=1S/C31H44O5.C18H34N4O2/c1-7-9-10-14-19-29(3,4)24-17-18-25-26(20-24)36-30(5,6)28(31(25,33)21-27(32)34-8-2)35-22-23-15-12-11-13-16-23;1-24-18-14-16(6-7-17(18)23)15-22-13-5-12-21-10-3-2-9-20-11-4-8-19/h11-13,15-18,20,28,33H,7-10,14,19,21-22H2,1-6H3;6-7,14,20-23H,2-5,8-13,15,19H2,1H3. The first-order valence-electron chi connectivity index (χ1n) is 22.4. The SMILES string of the molecule is CCCCCCC(C)(C)c1ccc2c(c1)OC(C)(C)C(OCc1ccccc1)C2(O)CC(=O)OCC.COc1cc(CNCCCNCCCCNCCCN)ccc1O. The molecule has 0 saturated carbocycles. The first-order valence-corrected chi connectivity index (χ1v) is 22.4. The number of nitrogens with two attached hydrogens (primary N) is 1. The summed E-state index contributed by atoms with van der Waals surface area (Å²) >= 11 is 0. The van der Waals surface area contributed by atoms with Crippen LogP contribution in [0, 0.1) is 0 Å². The fourth-order valence-electron chi connectivity index (χ4n) is 7.67. The summed E-state index contributed by atoms with van der Waals surface area (Å²) < 4.78 is 23.2. The Morgan fingerprint density at radius 3 is 2.18 bits per heavy atom. The second-order valence-corrected chi connectivity index (χ2v) is 17.1. The van der Waals surface area contributed by atoms with Gasteiger partial charge in [-0.1, -0.05) is 95.0 Å². The Labute approximate surface area is 361 Å². The van der Waals surface area contributed by atoms with Gasteiger partial charge in [0.15, 0.2) is 11.5 Å². The van der Waals surface area contributed by atoms with Gasteiger partial charge in [-0.15, -0.1) is 0 Å². The minimum Gasteiger partial charge on any atom is -0.504 e. The lowest BCUT2D eigenvalue weighted by Gasteiger charge is -2.49. The topological polar surface area (TPSA) is 157 Å². The van der Waals surface area contributed by atoms with Crippen molar-refractivity contribution in [3.8, 4) is 17.2 Å². The van der Waals surface area contributed by atoms with Crippen LogP contribution in [-0.4, -0.2) is 80.9 Å². The highest BCUT2D eigenvalue weighted by Crippen LogP contribution is 2.49. The number of hydrogen-bond donors (Lipinski definition) is 6. The van der Waals surface area contributed by atoms with Crippen LogP contribution in [0.25, 0.3) is 0 Å². The van der Waals surface area contributed by atoms with Gasteiger partial charge >= 0.3 is 5.97 Å². The first-order chi connectivity index (χ1) is 28.8. The summed E-state index contributed by atoms with van der Waals surface area (Å²) in [5.41, 5.74) is 6.76. The summed E-state index contributed by atoms with van der Waals surface area (Å²) in [6.45, 7) is 19.6. The molecule has 11 nitrogen and oxygen atoms in total. The molecule has 7 N–H and O–H groups in total. The molecule has 0 fully saturated rings. The molecule has 0 saturated heterocycles. The quantitative estimate of drug-likeness (QED) is 0.0327. The van der Waals surface area contributed by atoms with Crippen LogP contribution in [0.15, 0.2) is 66.7 Å². The fourth-order valence-corrected chi connectivity index (χ4v) is 7.67. The van der Waals surface area contributed by atoms with Gasteiger partial charge in [0.2, 0.25) is 0 Å². The number of esters is 1. The Morgan fingerprint density at radius 2 is 1.52 bits per heavy atom. The smallest absolute Gasteiger partial charge is 0.309 e. The molecule has 0 radical (unpaired) electrons. The first kappa shape index (κ1) is 50.6. The highest BCUT2D eigenvalue weighted by molar-refractivity contribution is 5.72. The van der Waals surface area contributed by atoms with Crippen LogP contribution in [0.5, 0.6) is 17.2 Å². The summed E-state index contributed by atoms with van der Waals surface area (Å²) in [4.78, 5) is 12.7. The van der Waals surface area contributed by atoms with Gasteiger partial charge in [-0.05, 0) is 132 Å². The fraction of sp³-hybridized carbons (Fsp3) is 0.612. The predicted octanol–water partition coefficient (Wildman–Crippen LogP) is 8.02. The summed E-state index contributed by atoms with van der Waals surface area (Å²) in [6.07, 6.45) is 9.53. The Bertz CT molecular complexity index is 1650. The van der Waals surface area contributed by atoms with Crippen molar-refractivity contribution in [1.29, 1.82) is 0 Å². The number of nitrogens with one attached hydrogen (secondary N) is 3. The van der Waals surface area contributed by atoms with E-state index in [9.17, 15) is 15.0 Å². The lowest BCUT2D eigenvalue weighted by atomic mass is 9.73. The Kier molecular flexibility index (Phi) is 22.4. The van der Waals surface area contributed by atoms with E-state index >= 15 is 0 Å². The van der Waals surface area contributed by atoms with Gasteiger partial charge in [0, 0.05) is 12.1 Å². The van der Waals surface area contributed by atoms with Crippen molar-refractivity contribution in [3.05, 3.63) is 89.0 Å². The third kappa shape index (κ3) is 16.6. The van der Waals surface area contributed by atoms with E-state index in [1.165, 1.54) is 38.5 Å². The second-order valence-electron chi connectivity index (χ2n) is 17.1. The van der Waals surface area contributed by atoms with Crippen LogP contribution in [0.2, 0.25) is 0 Å². The largest absolute Gasteiger partial charge is 0.504 e. The van der Waals surface area contributed by atoms with Crippen molar-refractivity contribution < 1.29 is 34.0 Å². The zero-order valence-electron chi connectivity index (χ0n) is 37.9. The van der Waals surface area contributed by atoms with Crippen molar-refractivity contribution in [3.63, 3.8) is 0 Å². The van der Waals surface area contributed by atoms with Crippen molar-refractivity contribution in [2.24, 2.45) is 5.73 Å². The van der Waals surface area contributed by atoms with Crippen molar-refractivity contribution in [1.82, 2.24) is 16.0 Å². The highest BCUT2D eigenvalue weighted by Gasteiger charge is 2.55. The van der Waals surface area contributed by atoms with Crippen LogP contribution in [-0.2, 0) is 38.4 Å². The van der Waals surface area contributed by atoms with Crippen molar-refractivity contribution in [2.45, 2.75) is 142 Å². The van der Waals surface area contributed by atoms with E-state index in [4.69, 9.17) is 24.7 Å². The number of carbonyl (C=O) groups excluding carboxylic acids is 1. The molecule has 2 unspecified atom stereocenters. The minimum absolute atomic E-state index is 0.0316. The Hall–Kier alpha value is -3.71. The maximum Gasteiger partial charge on any atom is 0.309 e. The number of rotatable bonds is 27. The molecule has 2 atom stereocenters. The van der Waals surface area contributed by atoms with Crippen LogP contribution in [0.3, 0.4) is 0 Å². The number of hydrogen-bond acceptors (Lipinski definition) is 11. The van der Waals surface area contributed by atoms with Gasteiger partial charge in [0.25, 0.3) is 0 Å². The summed E-state index contributed by atoms with van der Waals surface area (Å²) in [7, 11) is 1.56. The Morgan fingerprint density at radius 1 is 0.833 bits per heavy atom. The number of phenols is 1. The molecule has 3 aromatic carbocycles. The lowest BCUT2D eigenvalue weighted by molar-refractivity contribution is -0.209. The number of aromatic hydroxyl groups is 1. The van der Waals surface area contributed by atoms with E-state index in [0.717, 1.165) is 81.8 Å². The number of methoxy groups -OCH3 is 1. The van der Waals surface area contributed by atoms with Crippen molar-refractivity contribution >= 4 is 5.97 Å². The normalized spacial score (nSPS) is 16.9. The molecule has 0 spiro atoms. The number of phenolic OH excluding ortho intramolecular Hbond substituents is 1. The Balaban J connectivity index is 0.000000349. The number of fused-ring (bicyclic) bond motifs is 1. The summed E-state index contributed by atoms with van der Waals surface area (Å²) in [5, 5.41) is 32.0. The van der Waals surface area contributed by atoms with E-state index in [1.807, 2.05) is 68.4 Å². The van der Waals surface area contributed by atoms with Gasteiger partial charge in [0.1, 0.15) is 23.1 Å². The van der Waals surface area contributed by atoms with E-state index < -0.39 is 23.3 Å². The molecule has 1 aliphatic heterocycles. The number of unbranched alkanes of at least 4 members (excludes halogenated alkanes) is 4. The van der Waals surface area contributed by atoms with Gasteiger partial charge < -0.3 is 50.8 Å². The van der Waals surface area contributed by atoms with E-state index in [1.54, 1.807) is 20.1 Å². The maximum absolute atomic E-state index is 12.7. The van der Waals surface area contributed by atoms with Crippen LogP contribution >= 0.6 is 0 Å². The second kappa shape index (κ2) is 26.6. The number of aliphatic hydroxyl groups is 1. The molecule has 4 rings (SSSR count). The van der Waals surface area contributed by atoms with Gasteiger partial charge in [0.05, 0.1) is 26.7 Å². The molecule has 3 aromatic rings. The molecule has 11 heteroatoms. The minimum atomic E-state index is -1.60. The average molecular weight is 835 g/mol. The average Bonchev–Trinajstić information content (AvgIpc) is 3.22. The van der Waals surface area contributed by atoms with Gasteiger partial charge in [-0.2, -0.15) is 0 Å². The van der Waals surface area contributed by atoms with Crippen LogP contribution in [0.1, 0.15) is 128 Å². The predicted molar refractivity (Wildman–Crippen MR) is 243 cm³/mol. The molecular weight excluding hydrogens is 757 g/mol. The van der Waals surface area contributed by atoms with Gasteiger partial charge in [-0.25, -0.2) is 0 Å². The van der Waals surface area contributed by atoms with Crippen LogP contribution in [0.4, 0.5) is 0 Å². The molecule has 336 valence electrons. The highest BCUT2D eigenvalue weighted by atomic mass is 16.6. The maximum atomic E-state index is 12.7. The molecular formula is C49H78N4O7. The zero-order valence-corrected chi connectivity index (χ0v) is 37.9. The molecule has 1 aliphatic rings. The molecule has 1 heterocycles. The lowest BCUT2D eigenvalue weighted by Crippen LogP contribution is -2.60. The summed E-state index contributed by atoms with van der Waals surface area (Å²) in [5.74, 6) is 0.844. The molecule has 0 amide bonds. The molecule has 0 aliphatic carbocycles. The number of ether oxygens (including phenoxy) is 4. The number of benzene rings is 3. The number of carbonyl (C=O) groups is 1. The molecule has 0 aromatic heterocycles. The zero-order chi connectivity index (χ0) is 43.9. The van der Waals surface area contributed by atoms with E-state index in [0.29, 0.717) is 23.7 Å². The van der Waals surface area contributed by atoms with E-state index in [-0.39, 0.29) is 24.2 Å². The monoisotopic (exact) mass is 835 g/mol. The van der Waals surface area contributed by atoms with E-state index in [2.05, 4.69) is 42.8 Å². The third-order valence-electron chi connectivity index (χ3n) is 11.1. The molecule has 0 bridgehead atoms. The van der Waals surface area contributed by atoms with Gasteiger partial charge in [-0.3, -0.25) is 4.79 Å².